The number of hydrogen-bond acceptors (Lipinski definition) is 4. The summed E-state index contributed by atoms with van der Waals surface area (Å²) in [5, 5.41) is 3.89. The van der Waals surface area contributed by atoms with Crippen LogP contribution in [0.25, 0.3) is 0 Å². The van der Waals surface area contributed by atoms with Crippen LogP contribution in [0.3, 0.4) is 0 Å². The summed E-state index contributed by atoms with van der Waals surface area (Å²) in [5.74, 6) is 5.95. The highest BCUT2D eigenvalue weighted by Crippen LogP contribution is 2.80. The van der Waals surface area contributed by atoms with E-state index < -0.39 is 21.3 Å². The molecule has 1 atom stereocenters. The Hall–Kier alpha value is -1.33. The van der Waals surface area contributed by atoms with Crippen molar-refractivity contribution < 1.29 is 0 Å². The van der Waals surface area contributed by atoms with Crippen molar-refractivity contribution in [2.75, 3.05) is 0 Å². The van der Waals surface area contributed by atoms with E-state index in [9.17, 15) is 0 Å². The van der Waals surface area contributed by atoms with Gasteiger partial charge >= 0.3 is 0 Å². The van der Waals surface area contributed by atoms with Crippen LogP contribution in [-0.2, 0) is 11.3 Å². The molecule has 11 rings (SSSR count). The summed E-state index contributed by atoms with van der Waals surface area (Å²) in [6.07, 6.45) is 31.1. The first kappa shape index (κ1) is 34.4. The molecule has 266 valence electrons. The first-order chi connectivity index (χ1) is 23.7. The molecule has 2 heterocycles. The van der Waals surface area contributed by atoms with Crippen molar-refractivity contribution in [3.63, 3.8) is 0 Å². The Bertz CT molecular complexity index is 1600. The fourth-order valence-corrected chi connectivity index (χ4v) is 24.5. The lowest BCUT2D eigenvalue weighted by atomic mass is 9.55. The largest absolute Gasteiger partial charge is 0.261 e. The van der Waals surface area contributed by atoms with Crippen molar-refractivity contribution in [1.29, 1.82) is 0 Å². The van der Waals surface area contributed by atoms with Gasteiger partial charge in [-0.05, 0) is 140 Å². The minimum absolute atomic E-state index is 0.227. The Morgan fingerprint density at radius 2 is 1.00 bits per heavy atom. The van der Waals surface area contributed by atoms with Crippen LogP contribution in [0, 0.1) is 35.5 Å². The molecule has 1 unspecified atom stereocenters. The minimum Gasteiger partial charge on any atom is -0.261 e. The molecule has 1 aromatic carbocycles. The van der Waals surface area contributed by atoms with Gasteiger partial charge in [0.25, 0.3) is 0 Å². The monoisotopic (exact) mass is 738 g/mol. The summed E-state index contributed by atoms with van der Waals surface area (Å²) in [6.45, 7) is 15.5. The molecule has 0 saturated heterocycles. The van der Waals surface area contributed by atoms with Crippen LogP contribution >= 0.6 is 17.2 Å². The average Bonchev–Trinajstić information content (AvgIpc) is 3.05. The summed E-state index contributed by atoms with van der Waals surface area (Å²) >= 11 is 0. The maximum Gasteiger partial charge on any atom is 0.0966 e. The highest BCUT2D eigenvalue weighted by molar-refractivity contribution is 7.60. The maximum atomic E-state index is 5.07. The normalized spacial score (nSPS) is 35.1. The van der Waals surface area contributed by atoms with Gasteiger partial charge in [-0.15, -0.1) is 9.24 Å². The van der Waals surface area contributed by atoms with E-state index >= 15 is 0 Å². The third-order valence-corrected chi connectivity index (χ3v) is 24.0. The van der Waals surface area contributed by atoms with E-state index in [4.69, 9.17) is 9.97 Å². The first-order valence-corrected chi connectivity index (χ1v) is 29.1. The lowest BCUT2D eigenvalue weighted by Gasteiger charge is -2.67. The van der Waals surface area contributed by atoms with E-state index in [1.54, 1.807) is 15.9 Å². The lowest BCUT2D eigenvalue weighted by Crippen LogP contribution is -2.57. The zero-order valence-electron chi connectivity index (χ0n) is 31.6. The van der Waals surface area contributed by atoms with Gasteiger partial charge in [-0.3, -0.25) is 19.9 Å². The lowest BCUT2D eigenvalue weighted by molar-refractivity contribution is 0.0184. The van der Waals surface area contributed by atoms with Crippen LogP contribution in [0.5, 0.6) is 0 Å². The number of rotatable bonds is 9. The molecular formula is C42H60N4P2Si2. The second-order valence-corrected chi connectivity index (χ2v) is 34.4. The Labute approximate surface area is 307 Å². The topological polar surface area (TPSA) is 51.6 Å². The zero-order valence-corrected chi connectivity index (χ0v) is 35.6. The SMILES string of the molecule is C[Si](C)(C)c1cc(CP(C23CC4CC(CC(C4)C2)C3)C23CC4CC(CC(C4)C2)C3)c(C(P)(c2cnccn2)c2cnccn2)cc1[Si](C)(C)C. The van der Waals surface area contributed by atoms with Gasteiger partial charge in [-0.25, -0.2) is 0 Å². The van der Waals surface area contributed by atoms with Gasteiger partial charge < -0.3 is 0 Å². The van der Waals surface area contributed by atoms with Crippen molar-refractivity contribution in [1.82, 2.24) is 19.9 Å². The van der Waals surface area contributed by atoms with Gasteiger partial charge in [-0.2, -0.15) is 0 Å². The molecule has 50 heavy (non-hydrogen) atoms. The molecule has 8 saturated carbocycles. The third kappa shape index (κ3) is 5.70. The van der Waals surface area contributed by atoms with Crippen LogP contribution < -0.4 is 10.4 Å². The quantitative estimate of drug-likeness (QED) is 0.162. The Morgan fingerprint density at radius 1 is 0.620 bits per heavy atom. The Kier molecular flexibility index (Phi) is 8.33. The van der Waals surface area contributed by atoms with Crippen molar-refractivity contribution in [3.8, 4) is 0 Å². The van der Waals surface area contributed by atoms with Crippen molar-refractivity contribution >= 4 is 43.7 Å². The van der Waals surface area contributed by atoms with E-state index in [-0.39, 0.29) is 7.92 Å². The summed E-state index contributed by atoms with van der Waals surface area (Å²) in [6, 6.07) is 5.52. The summed E-state index contributed by atoms with van der Waals surface area (Å²) in [5.41, 5.74) is 4.96. The first-order valence-electron chi connectivity index (χ1n) is 20.0. The van der Waals surface area contributed by atoms with Gasteiger partial charge in [0.1, 0.15) is 0 Å². The Balaban J connectivity index is 1.29. The number of nitrogens with zero attached hydrogens (tertiary/aromatic N) is 4. The van der Waals surface area contributed by atoms with Crippen LogP contribution in [0.4, 0.5) is 0 Å². The molecule has 8 heteroatoms. The van der Waals surface area contributed by atoms with E-state index in [1.807, 2.05) is 37.2 Å². The zero-order chi connectivity index (χ0) is 34.7. The molecule has 4 nitrogen and oxygen atoms in total. The molecule has 0 aliphatic heterocycles. The minimum atomic E-state index is -1.72. The van der Waals surface area contributed by atoms with Crippen molar-refractivity contribution in [3.05, 3.63) is 71.8 Å². The fraction of sp³-hybridized carbons (Fsp3) is 0.667. The standard InChI is InChI=1S/C42H60N4P2Si2/c1-49(2,3)36-17-34(35(18-37(36)50(4,5)6)42(47,38-25-43-7-9-45-38)39-26-44-8-10-46-39)27-48(40-19-28-11-29(20-40)13-30(12-28)21-40)41-22-31-14-32(23-41)16-33(15-31)24-41/h7-10,17-18,25-26,28-33H,11-16,19-24,27,47H2,1-6H3. The summed E-state index contributed by atoms with van der Waals surface area (Å²) < 4.78 is 0. The predicted molar refractivity (Wildman–Crippen MR) is 218 cm³/mol. The molecular weight excluding hydrogens is 679 g/mol. The van der Waals surface area contributed by atoms with Crippen molar-refractivity contribution in [2.24, 2.45) is 35.5 Å². The smallest absolute Gasteiger partial charge is 0.0966 e. The molecule has 8 bridgehead atoms. The predicted octanol–water partition coefficient (Wildman–Crippen LogP) is 9.44. The summed E-state index contributed by atoms with van der Waals surface area (Å²) in [7, 11) is -0.290. The average molecular weight is 739 g/mol. The summed E-state index contributed by atoms with van der Waals surface area (Å²) in [4.78, 5) is 19.5. The van der Waals surface area contributed by atoms with Crippen LogP contribution in [0.15, 0.2) is 49.3 Å². The van der Waals surface area contributed by atoms with Gasteiger partial charge in [0.2, 0.25) is 0 Å². The molecule has 0 amide bonds. The number of benzene rings is 1. The van der Waals surface area contributed by atoms with E-state index in [1.165, 1.54) is 88.8 Å². The molecule has 8 aliphatic carbocycles. The van der Waals surface area contributed by atoms with Crippen molar-refractivity contribution in [2.45, 2.75) is 138 Å². The van der Waals surface area contributed by atoms with Crippen LogP contribution in [-0.4, -0.2) is 46.4 Å². The number of hydrogen-bond donors (Lipinski definition) is 0. The second-order valence-electron chi connectivity index (χ2n) is 20.4. The van der Waals surface area contributed by atoms with Crippen LogP contribution in [0.1, 0.15) is 99.6 Å². The molecule has 0 radical (unpaired) electrons. The van der Waals surface area contributed by atoms with E-state index in [2.05, 4.69) is 70.6 Å². The van der Waals surface area contributed by atoms with Crippen LogP contribution in [0.2, 0.25) is 39.3 Å². The molecule has 8 fully saturated rings. The second kappa shape index (κ2) is 12.1. The molecule has 3 aromatic rings. The van der Waals surface area contributed by atoms with E-state index in [0.717, 1.165) is 46.9 Å². The Morgan fingerprint density at radius 3 is 1.34 bits per heavy atom. The molecule has 2 aromatic heterocycles. The van der Waals surface area contributed by atoms with Gasteiger partial charge in [0.15, 0.2) is 0 Å². The van der Waals surface area contributed by atoms with E-state index in [0.29, 0.717) is 10.3 Å². The maximum absolute atomic E-state index is 5.07. The molecule has 0 N–H and O–H groups in total. The van der Waals surface area contributed by atoms with Gasteiger partial charge in [-0.1, -0.05) is 69.7 Å². The highest BCUT2D eigenvalue weighted by atomic mass is 31.1. The fourth-order valence-electron chi connectivity index (χ4n) is 13.6. The number of aromatic nitrogens is 4. The third-order valence-electron chi connectivity index (χ3n) is 14.7. The van der Waals surface area contributed by atoms with Gasteiger partial charge in [0, 0.05) is 24.8 Å². The highest BCUT2D eigenvalue weighted by Gasteiger charge is 2.62. The van der Waals surface area contributed by atoms with Gasteiger partial charge in [0.05, 0.1) is 45.1 Å². The molecule has 0 spiro atoms. The molecule has 8 aliphatic rings.